The zero-order valence-corrected chi connectivity index (χ0v) is 39.4. The van der Waals surface area contributed by atoms with Gasteiger partial charge in [-0.15, -0.1) is 54.1 Å². The van der Waals surface area contributed by atoms with Crippen LogP contribution >= 0.6 is 0 Å². The van der Waals surface area contributed by atoms with E-state index in [1.54, 1.807) is 0 Å². The zero-order valence-electron chi connectivity index (χ0n) is 37.0. The predicted octanol–water partition coefficient (Wildman–Crippen LogP) is 14.5. The van der Waals surface area contributed by atoms with E-state index < -0.39 is 14.0 Å². The van der Waals surface area contributed by atoms with Gasteiger partial charge in [0.15, 0.2) is 0 Å². The molecule has 0 saturated heterocycles. The fourth-order valence-electron chi connectivity index (χ4n) is 8.06. The number of para-hydroxylation sites is 3. The number of hydrogen-bond donors (Lipinski definition) is 0. The van der Waals surface area contributed by atoms with E-state index in [0.717, 1.165) is 61.2 Å². The van der Waals surface area contributed by atoms with E-state index in [9.17, 15) is 0 Å². The summed E-state index contributed by atoms with van der Waals surface area (Å²) in [5, 5.41) is 3.46. The molecule has 0 atom stereocenters. The van der Waals surface area contributed by atoms with Gasteiger partial charge in [0, 0.05) is 38.7 Å². The zero-order chi connectivity index (χ0) is 42.3. The van der Waals surface area contributed by atoms with Gasteiger partial charge in [0.05, 0.1) is 30.5 Å². The van der Waals surface area contributed by atoms with Crippen molar-refractivity contribution in [3.63, 3.8) is 0 Å². The van der Waals surface area contributed by atoms with E-state index in [1.165, 1.54) is 33.1 Å². The summed E-state index contributed by atoms with van der Waals surface area (Å²) >= 11 is 0. The molecule has 305 valence electrons. The summed E-state index contributed by atoms with van der Waals surface area (Å²) in [7, 11) is -1.50. The maximum Gasteiger partial charge on any atom is 0.120 e. The normalized spacial score (nSPS) is 12.2. The largest absolute Gasteiger partial charge is 0.501 e. The van der Waals surface area contributed by atoms with Crippen molar-refractivity contribution in [1.29, 1.82) is 0 Å². The van der Waals surface area contributed by atoms with Gasteiger partial charge in [0.2, 0.25) is 0 Å². The Labute approximate surface area is 371 Å². The summed E-state index contributed by atoms with van der Waals surface area (Å²) in [6.07, 6.45) is 1.98. The molecule has 1 radical (unpaired) electrons. The minimum Gasteiger partial charge on any atom is -0.501 e. The number of aromatic nitrogens is 3. The molecule has 0 aliphatic carbocycles. The summed E-state index contributed by atoms with van der Waals surface area (Å²) in [4.78, 5) is 9.84. The number of nitrogens with zero attached hydrogens (tertiary/aromatic N) is 3. The van der Waals surface area contributed by atoms with Gasteiger partial charge in [-0.2, -0.15) is 0 Å². The first-order chi connectivity index (χ1) is 28.7. The first-order valence-corrected chi connectivity index (χ1v) is 24.2. The molecular weight excluding hydrogens is 927 g/mol. The Balaban J connectivity index is 0.000000226. The third-order valence-electron chi connectivity index (χ3n) is 11.1. The third-order valence-corrected chi connectivity index (χ3v) is 13.1. The van der Waals surface area contributed by atoms with Gasteiger partial charge in [0.1, 0.15) is 5.58 Å². The van der Waals surface area contributed by atoms with Crippen LogP contribution in [0.25, 0.3) is 72.4 Å². The van der Waals surface area contributed by atoms with Gasteiger partial charge in [0.25, 0.3) is 0 Å². The van der Waals surface area contributed by atoms with Crippen LogP contribution in [0.5, 0.6) is 0 Å². The number of rotatable bonds is 8. The first kappa shape index (κ1) is 41.3. The number of furan rings is 1. The molecule has 9 aromatic rings. The van der Waals surface area contributed by atoms with E-state index in [0.29, 0.717) is 11.8 Å². The van der Waals surface area contributed by atoms with Crippen molar-refractivity contribution in [2.45, 2.75) is 78.9 Å². The molecule has 6 aromatic carbocycles. The first-order valence-electron chi connectivity index (χ1n) is 21.2. The molecule has 0 amide bonds. The number of pyridine rings is 1. The van der Waals surface area contributed by atoms with E-state index in [4.69, 9.17) is 10.8 Å². The Morgan fingerprint density at radius 3 is 2.00 bits per heavy atom. The summed E-state index contributed by atoms with van der Waals surface area (Å²) in [5.41, 5.74) is 13.9. The van der Waals surface area contributed by atoms with Crippen molar-refractivity contribution in [3.05, 3.63) is 168 Å². The van der Waals surface area contributed by atoms with Crippen molar-refractivity contribution < 1.29 is 25.9 Å². The van der Waals surface area contributed by atoms with Crippen molar-refractivity contribution in [2.75, 3.05) is 0 Å². The fourth-order valence-corrected chi connectivity index (χ4v) is 9.64. The Bertz CT molecular complexity index is 2930. The second-order valence-corrected chi connectivity index (χ2v) is 22.3. The minimum absolute atomic E-state index is 0. The topological polar surface area (TPSA) is 43.9 Å². The average molecular weight is 981 g/mol. The summed E-state index contributed by atoms with van der Waals surface area (Å²) in [6, 6.07) is 52.8. The van der Waals surface area contributed by atoms with Crippen molar-refractivity contribution in [1.82, 2.24) is 14.5 Å². The average Bonchev–Trinajstić information content (AvgIpc) is 3.82. The second-order valence-electron chi connectivity index (χ2n) is 17.3. The number of benzene rings is 6. The van der Waals surface area contributed by atoms with Crippen LogP contribution in [0.3, 0.4) is 0 Å². The number of hydrogen-bond acceptors (Lipinski definition) is 3. The third kappa shape index (κ3) is 8.34. The van der Waals surface area contributed by atoms with E-state index in [-0.39, 0.29) is 20.1 Å². The molecule has 0 unspecified atom stereocenters. The summed E-state index contributed by atoms with van der Waals surface area (Å²) in [5.74, 6) is 0.844. The van der Waals surface area contributed by atoms with Crippen LogP contribution in [0.2, 0.25) is 19.6 Å². The SMILES string of the molecule is CC(C)c1cc(-c2ccccc2)cc(C(C)C)c1-n1c(-c2[c-]ccc3c2oc2ccccc23)nc2ccccc21.[2H]C(C)(C)c1cc(-c2[c-]cccc2)ncc1[Si](C)(C)C.[Ir]. The van der Waals surface area contributed by atoms with E-state index >= 15 is 0 Å². The predicted molar refractivity (Wildman–Crippen MR) is 252 cm³/mol. The molecule has 3 aromatic heterocycles. The van der Waals surface area contributed by atoms with Crippen LogP contribution in [0.1, 0.15) is 77.3 Å². The molecule has 0 saturated carbocycles. The minimum atomic E-state index is -1.50. The molecule has 0 fully saturated rings. The quantitative estimate of drug-likeness (QED) is 0.113. The molecular formula is C54H53IrN3OSi-2. The van der Waals surface area contributed by atoms with Gasteiger partial charge >= 0.3 is 0 Å². The Morgan fingerprint density at radius 2 is 1.33 bits per heavy atom. The molecule has 6 heteroatoms. The molecule has 4 nitrogen and oxygen atoms in total. The van der Waals surface area contributed by atoms with Gasteiger partial charge < -0.3 is 14.0 Å². The molecule has 0 aliphatic heterocycles. The monoisotopic (exact) mass is 981 g/mol. The second kappa shape index (κ2) is 17.7. The summed E-state index contributed by atoms with van der Waals surface area (Å²) in [6.45, 7) is 19.9. The van der Waals surface area contributed by atoms with Gasteiger partial charge in [-0.25, -0.2) is 0 Å². The molecule has 0 spiro atoms. The number of fused-ring (bicyclic) bond motifs is 4. The molecule has 0 bridgehead atoms. The van der Waals surface area contributed by atoms with Crippen LogP contribution in [0, 0.1) is 12.1 Å². The van der Waals surface area contributed by atoms with Gasteiger partial charge in [-0.3, -0.25) is 4.98 Å². The van der Waals surface area contributed by atoms with Crippen LogP contribution in [-0.2, 0) is 20.1 Å². The van der Waals surface area contributed by atoms with Crippen LogP contribution in [-0.4, -0.2) is 22.6 Å². The standard InChI is InChI=1S/C37H31N2O.C17H22NSi.Ir/c1-23(2)30-21-26(25-13-6-5-7-14-25)22-31(24(3)4)35(30)39-33-19-10-9-18-32(33)38-37(39)29-17-12-16-28-27-15-8-11-20-34(27)40-36(28)29;1-13(2)15-11-16(14-9-7-6-8-10-14)18-12-17(15)19(3,4)5;/h5-16,18-24H,1-4H3;6-9,11-13H,1-5H3;/q2*-1;/i;13D;. The van der Waals surface area contributed by atoms with Gasteiger partial charge in [-0.05, 0) is 81.2 Å². The van der Waals surface area contributed by atoms with Crippen LogP contribution in [0.4, 0.5) is 0 Å². The maximum atomic E-state index is 8.44. The van der Waals surface area contributed by atoms with Crippen LogP contribution in [0.15, 0.2) is 144 Å². The number of imidazole rings is 1. The fraction of sp³-hybridized carbons (Fsp3) is 0.222. The van der Waals surface area contributed by atoms with Crippen LogP contribution < -0.4 is 5.19 Å². The smallest absolute Gasteiger partial charge is 0.120 e. The Kier molecular flexibility index (Phi) is 12.2. The Hall–Kier alpha value is -5.39. The maximum absolute atomic E-state index is 8.44. The van der Waals surface area contributed by atoms with Crippen molar-refractivity contribution in [3.8, 4) is 39.5 Å². The van der Waals surface area contributed by atoms with E-state index in [1.807, 2.05) is 62.5 Å². The molecule has 3 heterocycles. The summed E-state index contributed by atoms with van der Waals surface area (Å²) < 4.78 is 17.3. The molecule has 60 heavy (non-hydrogen) atoms. The van der Waals surface area contributed by atoms with E-state index in [2.05, 4.69) is 160 Å². The van der Waals surface area contributed by atoms with Crippen molar-refractivity contribution in [2.24, 2.45) is 0 Å². The van der Waals surface area contributed by atoms with Gasteiger partial charge in [-0.1, -0.05) is 144 Å². The Morgan fingerprint density at radius 1 is 0.667 bits per heavy atom. The molecule has 0 N–H and O–H groups in total. The van der Waals surface area contributed by atoms with Crippen molar-refractivity contribution >= 4 is 46.2 Å². The molecule has 0 aliphatic rings. The molecule has 9 rings (SSSR count).